The SMILES string of the molecule is Nc1ccc(Sc2ccccn2)cc1C(F)(F)F. The van der Waals surface area contributed by atoms with Gasteiger partial charge >= 0.3 is 6.18 Å². The van der Waals surface area contributed by atoms with Crippen LogP contribution in [0.4, 0.5) is 18.9 Å². The van der Waals surface area contributed by atoms with Crippen molar-refractivity contribution < 1.29 is 13.2 Å². The molecule has 1 aromatic heterocycles. The molecule has 0 radical (unpaired) electrons. The number of hydrogen-bond donors (Lipinski definition) is 1. The molecular weight excluding hydrogens is 261 g/mol. The van der Waals surface area contributed by atoms with Crippen LogP contribution in [0.2, 0.25) is 0 Å². The van der Waals surface area contributed by atoms with Crippen molar-refractivity contribution in [3.63, 3.8) is 0 Å². The van der Waals surface area contributed by atoms with Crippen LogP contribution in [-0.2, 0) is 6.18 Å². The van der Waals surface area contributed by atoms with Gasteiger partial charge in [-0.15, -0.1) is 0 Å². The number of nitrogens with two attached hydrogens (primary N) is 1. The summed E-state index contributed by atoms with van der Waals surface area (Å²) < 4.78 is 38.0. The van der Waals surface area contributed by atoms with Crippen LogP contribution in [0.1, 0.15) is 5.56 Å². The first-order valence-corrected chi connectivity index (χ1v) is 5.84. The monoisotopic (exact) mass is 270 g/mol. The van der Waals surface area contributed by atoms with Gasteiger partial charge in [-0.3, -0.25) is 0 Å². The number of hydrogen-bond acceptors (Lipinski definition) is 3. The molecule has 0 fully saturated rings. The molecule has 0 aliphatic carbocycles. The minimum Gasteiger partial charge on any atom is -0.398 e. The van der Waals surface area contributed by atoms with Gasteiger partial charge in [0, 0.05) is 16.8 Å². The van der Waals surface area contributed by atoms with Crippen LogP contribution in [0, 0.1) is 0 Å². The molecule has 2 nitrogen and oxygen atoms in total. The first kappa shape index (κ1) is 12.8. The summed E-state index contributed by atoms with van der Waals surface area (Å²) >= 11 is 1.16. The Morgan fingerprint density at radius 2 is 1.89 bits per heavy atom. The maximum absolute atomic E-state index is 12.7. The lowest BCUT2D eigenvalue weighted by atomic mass is 10.2. The molecule has 2 N–H and O–H groups in total. The van der Waals surface area contributed by atoms with Crippen LogP contribution in [0.5, 0.6) is 0 Å². The molecule has 0 saturated heterocycles. The Bertz CT molecular complexity index is 541. The zero-order chi connectivity index (χ0) is 13.2. The van der Waals surface area contributed by atoms with E-state index in [2.05, 4.69) is 4.98 Å². The summed E-state index contributed by atoms with van der Waals surface area (Å²) in [5.74, 6) is 0. The van der Waals surface area contributed by atoms with Gasteiger partial charge < -0.3 is 5.73 Å². The van der Waals surface area contributed by atoms with Crippen LogP contribution in [0.3, 0.4) is 0 Å². The molecule has 2 aromatic rings. The fourth-order valence-corrected chi connectivity index (χ4v) is 2.19. The average molecular weight is 270 g/mol. The van der Waals surface area contributed by atoms with Gasteiger partial charge in [-0.05, 0) is 30.3 Å². The van der Waals surface area contributed by atoms with Gasteiger partial charge in [0.2, 0.25) is 0 Å². The molecule has 0 spiro atoms. The number of benzene rings is 1. The molecule has 18 heavy (non-hydrogen) atoms. The summed E-state index contributed by atoms with van der Waals surface area (Å²) in [6.07, 6.45) is -2.85. The lowest BCUT2D eigenvalue weighted by Gasteiger charge is -2.11. The maximum Gasteiger partial charge on any atom is 0.418 e. The van der Waals surface area contributed by atoms with Crippen molar-refractivity contribution in [2.75, 3.05) is 5.73 Å². The van der Waals surface area contributed by atoms with Gasteiger partial charge in [-0.1, -0.05) is 17.8 Å². The third kappa shape index (κ3) is 2.95. The quantitative estimate of drug-likeness (QED) is 0.843. The molecule has 0 bridgehead atoms. The molecule has 1 heterocycles. The van der Waals surface area contributed by atoms with Crippen molar-refractivity contribution in [2.24, 2.45) is 0 Å². The Labute approximate surface area is 106 Å². The molecule has 2 rings (SSSR count). The molecule has 0 aliphatic heterocycles. The number of rotatable bonds is 2. The molecule has 0 unspecified atom stereocenters. The molecule has 0 aliphatic rings. The van der Waals surface area contributed by atoms with E-state index in [0.717, 1.165) is 17.8 Å². The van der Waals surface area contributed by atoms with E-state index in [1.54, 1.807) is 30.5 Å². The zero-order valence-electron chi connectivity index (χ0n) is 9.11. The summed E-state index contributed by atoms with van der Waals surface area (Å²) in [6, 6.07) is 9.09. The number of alkyl halides is 3. The van der Waals surface area contributed by atoms with Crippen LogP contribution in [0.15, 0.2) is 52.5 Å². The van der Waals surface area contributed by atoms with E-state index in [1.165, 1.54) is 6.07 Å². The molecule has 6 heteroatoms. The second kappa shape index (κ2) is 4.89. The smallest absolute Gasteiger partial charge is 0.398 e. The van der Waals surface area contributed by atoms with E-state index in [4.69, 9.17) is 5.73 Å². The van der Waals surface area contributed by atoms with E-state index in [0.29, 0.717) is 9.92 Å². The van der Waals surface area contributed by atoms with Gasteiger partial charge in [0.1, 0.15) is 5.03 Å². The largest absolute Gasteiger partial charge is 0.418 e. The van der Waals surface area contributed by atoms with Gasteiger partial charge in [0.05, 0.1) is 5.56 Å². The second-order valence-electron chi connectivity index (χ2n) is 3.52. The van der Waals surface area contributed by atoms with E-state index in [1.807, 2.05) is 0 Å². The number of nitrogen functional groups attached to an aromatic ring is 1. The molecule has 0 amide bonds. The zero-order valence-corrected chi connectivity index (χ0v) is 9.92. The Morgan fingerprint density at radius 3 is 2.50 bits per heavy atom. The van der Waals surface area contributed by atoms with E-state index < -0.39 is 11.7 Å². The highest BCUT2D eigenvalue weighted by atomic mass is 32.2. The molecular formula is C12H9F3N2S. The molecule has 94 valence electrons. The van der Waals surface area contributed by atoms with Crippen molar-refractivity contribution >= 4 is 17.4 Å². The lowest BCUT2D eigenvalue weighted by Crippen LogP contribution is -2.08. The van der Waals surface area contributed by atoms with E-state index in [-0.39, 0.29) is 5.69 Å². The highest BCUT2D eigenvalue weighted by molar-refractivity contribution is 7.99. The first-order valence-electron chi connectivity index (χ1n) is 5.02. The van der Waals surface area contributed by atoms with Crippen LogP contribution >= 0.6 is 11.8 Å². The minimum atomic E-state index is -4.44. The third-order valence-electron chi connectivity index (χ3n) is 2.19. The Hall–Kier alpha value is -1.69. The summed E-state index contributed by atoms with van der Waals surface area (Å²) in [5, 5.41) is 0.635. The Morgan fingerprint density at radius 1 is 1.11 bits per heavy atom. The first-order chi connectivity index (χ1) is 8.47. The molecule has 1 aromatic carbocycles. The fraction of sp³-hybridized carbons (Fsp3) is 0.0833. The van der Waals surface area contributed by atoms with E-state index >= 15 is 0 Å². The fourth-order valence-electron chi connectivity index (χ4n) is 1.37. The number of halogens is 3. The summed E-state index contributed by atoms with van der Waals surface area (Å²) in [5.41, 5.74) is 4.24. The predicted octanol–water partition coefficient (Wildman–Crippen LogP) is 3.83. The average Bonchev–Trinajstić information content (AvgIpc) is 2.31. The van der Waals surface area contributed by atoms with Gasteiger partial charge in [-0.25, -0.2) is 4.98 Å². The van der Waals surface area contributed by atoms with Crippen LogP contribution in [-0.4, -0.2) is 4.98 Å². The normalized spacial score (nSPS) is 11.5. The van der Waals surface area contributed by atoms with Gasteiger partial charge in [-0.2, -0.15) is 13.2 Å². The highest BCUT2D eigenvalue weighted by Gasteiger charge is 2.33. The maximum atomic E-state index is 12.7. The summed E-state index contributed by atoms with van der Waals surface area (Å²) in [4.78, 5) is 4.49. The van der Waals surface area contributed by atoms with Crippen LogP contribution in [0.25, 0.3) is 0 Å². The number of nitrogens with zero attached hydrogens (tertiary/aromatic N) is 1. The van der Waals surface area contributed by atoms with Crippen molar-refractivity contribution in [1.82, 2.24) is 4.98 Å². The minimum absolute atomic E-state index is 0.270. The lowest BCUT2D eigenvalue weighted by molar-refractivity contribution is -0.137. The van der Waals surface area contributed by atoms with Gasteiger partial charge in [0.15, 0.2) is 0 Å². The standard InChI is InChI=1S/C12H9F3N2S/c13-12(14,15)9-7-8(4-5-10(9)16)18-11-3-1-2-6-17-11/h1-7H,16H2. The number of anilines is 1. The van der Waals surface area contributed by atoms with E-state index in [9.17, 15) is 13.2 Å². The van der Waals surface area contributed by atoms with Crippen LogP contribution < -0.4 is 5.73 Å². The van der Waals surface area contributed by atoms with Crippen molar-refractivity contribution in [3.05, 3.63) is 48.2 Å². The van der Waals surface area contributed by atoms with Crippen molar-refractivity contribution in [1.29, 1.82) is 0 Å². The number of aromatic nitrogens is 1. The Kier molecular flexibility index (Phi) is 3.47. The van der Waals surface area contributed by atoms with Crippen molar-refractivity contribution in [3.8, 4) is 0 Å². The molecule has 0 atom stereocenters. The Balaban J connectivity index is 2.31. The summed E-state index contributed by atoms with van der Waals surface area (Å²) in [7, 11) is 0. The predicted molar refractivity (Wildman–Crippen MR) is 64.2 cm³/mol. The topological polar surface area (TPSA) is 38.9 Å². The summed E-state index contributed by atoms with van der Waals surface area (Å²) in [6.45, 7) is 0. The third-order valence-corrected chi connectivity index (χ3v) is 3.13. The van der Waals surface area contributed by atoms with Gasteiger partial charge in [0.25, 0.3) is 0 Å². The van der Waals surface area contributed by atoms with Crippen molar-refractivity contribution in [2.45, 2.75) is 16.1 Å². The highest BCUT2D eigenvalue weighted by Crippen LogP contribution is 2.37. The second-order valence-corrected chi connectivity index (χ2v) is 4.61. The molecule has 0 saturated carbocycles. The number of pyridine rings is 1.